The summed E-state index contributed by atoms with van der Waals surface area (Å²) in [6.07, 6.45) is 3.63. The van der Waals surface area contributed by atoms with Crippen molar-refractivity contribution in [2.24, 2.45) is 5.92 Å². The Morgan fingerprint density at radius 3 is 2.88 bits per heavy atom. The van der Waals surface area contributed by atoms with E-state index in [0.29, 0.717) is 36.4 Å². The number of hydrogen-bond acceptors (Lipinski definition) is 6. The number of hydrogen-bond donors (Lipinski definition) is 1. The van der Waals surface area contributed by atoms with Crippen molar-refractivity contribution in [1.82, 2.24) is 14.9 Å². The van der Waals surface area contributed by atoms with Gasteiger partial charge in [0.1, 0.15) is 31.1 Å². The lowest BCUT2D eigenvalue weighted by atomic mass is 10.00. The third-order valence-electron chi connectivity index (χ3n) is 4.65. The van der Waals surface area contributed by atoms with Gasteiger partial charge >= 0.3 is 0 Å². The first-order valence-electron chi connectivity index (χ1n) is 8.97. The molecule has 1 saturated heterocycles. The van der Waals surface area contributed by atoms with Crippen LogP contribution >= 0.6 is 0 Å². The number of likely N-dealkylation sites (tertiary alicyclic amines) is 1. The topological polar surface area (TPSA) is 76.6 Å². The minimum absolute atomic E-state index is 0.0378. The molecule has 0 bridgehead atoms. The molecule has 1 aromatic carbocycles. The second-order valence-electron chi connectivity index (χ2n) is 6.77. The number of fused-ring (bicyclic) bond motifs is 1. The quantitative estimate of drug-likeness (QED) is 0.913. The van der Waals surface area contributed by atoms with Crippen molar-refractivity contribution < 1.29 is 14.3 Å². The largest absolute Gasteiger partial charge is 0.486 e. The van der Waals surface area contributed by atoms with Crippen LogP contribution in [-0.4, -0.2) is 47.1 Å². The van der Waals surface area contributed by atoms with Crippen molar-refractivity contribution in [1.29, 1.82) is 0 Å². The number of carbonyl (C=O) groups excluding carboxylic acids is 1. The summed E-state index contributed by atoms with van der Waals surface area (Å²) in [5.74, 6) is 2.51. The number of rotatable bonds is 3. The number of nitrogens with zero attached hydrogens (tertiary/aromatic N) is 3. The van der Waals surface area contributed by atoms with Gasteiger partial charge in [0.05, 0.1) is 0 Å². The van der Waals surface area contributed by atoms with Crippen LogP contribution < -0.4 is 14.8 Å². The van der Waals surface area contributed by atoms with Crippen LogP contribution in [0.25, 0.3) is 0 Å². The van der Waals surface area contributed by atoms with Gasteiger partial charge in [-0.2, -0.15) is 0 Å². The Bertz CT molecular complexity index is 811. The molecular formula is C19H22N4O3. The number of benzene rings is 1. The lowest BCUT2D eigenvalue weighted by Crippen LogP contribution is -2.39. The molecule has 0 spiro atoms. The Kier molecular flexibility index (Phi) is 4.60. The van der Waals surface area contributed by atoms with Gasteiger partial charge < -0.3 is 19.7 Å². The van der Waals surface area contributed by atoms with Crippen LogP contribution in [0.2, 0.25) is 0 Å². The van der Waals surface area contributed by atoms with Crippen molar-refractivity contribution in [3.05, 3.63) is 36.3 Å². The van der Waals surface area contributed by atoms with Gasteiger partial charge in [0.15, 0.2) is 11.5 Å². The molecule has 2 aromatic rings. The maximum atomic E-state index is 12.7. The van der Waals surface area contributed by atoms with E-state index in [2.05, 4.69) is 22.2 Å². The van der Waals surface area contributed by atoms with Crippen LogP contribution in [0.1, 0.15) is 30.3 Å². The summed E-state index contributed by atoms with van der Waals surface area (Å²) in [6, 6.07) is 7.31. The fraction of sp³-hybridized carbons (Fsp3) is 0.421. The third-order valence-corrected chi connectivity index (χ3v) is 4.65. The molecule has 1 aromatic heterocycles. The predicted molar refractivity (Wildman–Crippen MR) is 97.0 cm³/mol. The number of carbonyl (C=O) groups is 1. The summed E-state index contributed by atoms with van der Waals surface area (Å²) in [7, 11) is 0. The molecule has 1 N–H and O–H groups in total. The number of amides is 1. The molecule has 2 aliphatic heterocycles. The van der Waals surface area contributed by atoms with E-state index < -0.39 is 0 Å². The molecule has 1 atom stereocenters. The first-order valence-corrected chi connectivity index (χ1v) is 8.97. The Balaban J connectivity index is 1.50. The van der Waals surface area contributed by atoms with Crippen molar-refractivity contribution >= 4 is 17.4 Å². The van der Waals surface area contributed by atoms with Gasteiger partial charge in [0.2, 0.25) is 0 Å². The zero-order valence-electron chi connectivity index (χ0n) is 14.8. The van der Waals surface area contributed by atoms with Gasteiger partial charge in [-0.15, -0.1) is 0 Å². The molecule has 0 radical (unpaired) electrons. The van der Waals surface area contributed by atoms with Crippen LogP contribution in [0.15, 0.2) is 30.6 Å². The molecular weight excluding hydrogens is 332 g/mol. The highest BCUT2D eigenvalue weighted by atomic mass is 16.6. The standard InChI is InChI=1S/C19H22N4O3/c1-13-3-2-6-23(11-13)19(24)15-10-18(21-12-20-15)22-14-4-5-16-17(9-14)26-8-7-25-16/h4-5,9-10,12-13H,2-3,6-8,11H2,1H3,(H,20,21,22). The number of nitrogens with one attached hydrogen (secondary N) is 1. The van der Waals surface area contributed by atoms with Crippen LogP contribution in [0, 0.1) is 5.92 Å². The maximum Gasteiger partial charge on any atom is 0.272 e. The molecule has 1 amide bonds. The average molecular weight is 354 g/mol. The van der Waals surface area contributed by atoms with E-state index in [0.717, 1.165) is 30.9 Å². The average Bonchev–Trinajstić information content (AvgIpc) is 2.67. The van der Waals surface area contributed by atoms with E-state index in [1.54, 1.807) is 6.07 Å². The third kappa shape index (κ3) is 3.56. The van der Waals surface area contributed by atoms with Crippen molar-refractivity contribution in [2.75, 3.05) is 31.6 Å². The van der Waals surface area contributed by atoms with Crippen LogP contribution in [0.3, 0.4) is 0 Å². The fourth-order valence-corrected chi connectivity index (χ4v) is 3.35. The Hall–Kier alpha value is -2.83. The second kappa shape index (κ2) is 7.19. The molecule has 7 nitrogen and oxygen atoms in total. The minimum Gasteiger partial charge on any atom is -0.486 e. The predicted octanol–water partition coefficient (Wildman–Crippen LogP) is 2.86. The minimum atomic E-state index is -0.0378. The van der Waals surface area contributed by atoms with Crippen molar-refractivity contribution in [3.63, 3.8) is 0 Å². The second-order valence-corrected chi connectivity index (χ2v) is 6.77. The van der Waals surface area contributed by atoms with Gasteiger partial charge in [-0.1, -0.05) is 6.92 Å². The van der Waals surface area contributed by atoms with E-state index in [-0.39, 0.29) is 5.91 Å². The van der Waals surface area contributed by atoms with E-state index in [1.165, 1.54) is 12.7 Å². The highest BCUT2D eigenvalue weighted by Crippen LogP contribution is 2.33. The number of anilines is 2. The summed E-state index contributed by atoms with van der Waals surface area (Å²) < 4.78 is 11.1. The zero-order valence-corrected chi connectivity index (χ0v) is 14.8. The van der Waals surface area contributed by atoms with Gasteiger partial charge in [0.25, 0.3) is 5.91 Å². The van der Waals surface area contributed by atoms with Crippen molar-refractivity contribution in [2.45, 2.75) is 19.8 Å². The maximum absolute atomic E-state index is 12.7. The van der Waals surface area contributed by atoms with Crippen LogP contribution in [-0.2, 0) is 0 Å². The van der Waals surface area contributed by atoms with E-state index in [9.17, 15) is 4.79 Å². The Morgan fingerprint density at radius 1 is 1.19 bits per heavy atom. The van der Waals surface area contributed by atoms with Crippen LogP contribution in [0.5, 0.6) is 11.5 Å². The van der Waals surface area contributed by atoms with Gasteiger partial charge in [-0.3, -0.25) is 4.79 Å². The molecule has 4 rings (SSSR count). The molecule has 0 saturated carbocycles. The molecule has 1 unspecified atom stereocenters. The summed E-state index contributed by atoms with van der Waals surface area (Å²) in [5.41, 5.74) is 1.23. The molecule has 3 heterocycles. The van der Waals surface area contributed by atoms with Gasteiger partial charge in [0, 0.05) is 30.9 Å². The molecule has 26 heavy (non-hydrogen) atoms. The van der Waals surface area contributed by atoms with Gasteiger partial charge in [-0.25, -0.2) is 9.97 Å². The smallest absolute Gasteiger partial charge is 0.272 e. The van der Waals surface area contributed by atoms with E-state index in [1.807, 2.05) is 23.1 Å². The number of aromatic nitrogens is 2. The summed E-state index contributed by atoms with van der Waals surface area (Å²) in [6.45, 7) is 4.85. The first kappa shape index (κ1) is 16.6. The SMILES string of the molecule is CC1CCCN(C(=O)c2cc(Nc3ccc4c(c3)OCCO4)ncn2)C1. The molecule has 7 heteroatoms. The van der Waals surface area contributed by atoms with Crippen molar-refractivity contribution in [3.8, 4) is 11.5 Å². The van der Waals surface area contributed by atoms with E-state index >= 15 is 0 Å². The fourth-order valence-electron chi connectivity index (χ4n) is 3.35. The zero-order chi connectivity index (χ0) is 17.9. The number of ether oxygens (including phenoxy) is 2. The lowest BCUT2D eigenvalue weighted by molar-refractivity contribution is 0.0677. The monoisotopic (exact) mass is 354 g/mol. The lowest BCUT2D eigenvalue weighted by Gasteiger charge is -2.30. The number of piperidine rings is 1. The van der Waals surface area contributed by atoms with E-state index in [4.69, 9.17) is 9.47 Å². The summed E-state index contributed by atoms with van der Waals surface area (Å²) in [5, 5.41) is 3.20. The first-order chi connectivity index (χ1) is 12.7. The molecule has 0 aliphatic carbocycles. The highest BCUT2D eigenvalue weighted by Gasteiger charge is 2.23. The summed E-state index contributed by atoms with van der Waals surface area (Å²) >= 11 is 0. The molecule has 136 valence electrons. The normalized spacial score (nSPS) is 19.1. The Morgan fingerprint density at radius 2 is 2.04 bits per heavy atom. The Labute approximate surface area is 152 Å². The molecule has 1 fully saturated rings. The highest BCUT2D eigenvalue weighted by molar-refractivity contribution is 5.93. The van der Waals surface area contributed by atoms with Crippen LogP contribution in [0.4, 0.5) is 11.5 Å². The summed E-state index contributed by atoms with van der Waals surface area (Å²) in [4.78, 5) is 23.0. The molecule has 2 aliphatic rings. The van der Waals surface area contributed by atoms with Gasteiger partial charge in [-0.05, 0) is 30.9 Å².